The number of tetrazole rings is 1. The summed E-state index contributed by atoms with van der Waals surface area (Å²) in [6, 6.07) is 17.3. The standard InChI is InChI=1S/C28H24N6O4/c1-18-24(29-28(38-18)19-6-3-2-4-7-19)17-37-25-15-21-16-34(26(35)10-9-22-8-5-13-36-22)12-11-20(21)14-23(25)27-30-32-33-31-27/h2-10,13-15H,11-12,16-17H2,1H3,(H,30,31,32,33)/b10-9+. The number of furan rings is 1. The van der Waals surface area contributed by atoms with E-state index in [9.17, 15) is 4.79 Å². The smallest absolute Gasteiger partial charge is 0.246 e. The molecule has 3 aromatic heterocycles. The summed E-state index contributed by atoms with van der Waals surface area (Å²) in [4.78, 5) is 19.3. The van der Waals surface area contributed by atoms with E-state index in [0.717, 1.165) is 22.3 Å². The van der Waals surface area contributed by atoms with Crippen LogP contribution in [0.2, 0.25) is 0 Å². The van der Waals surface area contributed by atoms with Crippen LogP contribution in [0, 0.1) is 6.92 Å². The predicted molar refractivity (Wildman–Crippen MR) is 137 cm³/mol. The Bertz CT molecular complexity index is 1570. The van der Waals surface area contributed by atoms with Crippen molar-refractivity contribution in [3.05, 3.63) is 95.3 Å². The minimum Gasteiger partial charge on any atom is -0.486 e. The summed E-state index contributed by atoms with van der Waals surface area (Å²) in [5.41, 5.74) is 4.43. The number of ether oxygens (including phenoxy) is 1. The second-order valence-corrected chi connectivity index (χ2v) is 8.89. The number of fused-ring (bicyclic) bond motifs is 1. The Labute approximate surface area is 218 Å². The number of hydrogen-bond donors (Lipinski definition) is 1. The molecule has 0 fully saturated rings. The second kappa shape index (κ2) is 10.2. The number of nitrogens with zero attached hydrogens (tertiary/aromatic N) is 5. The quantitative estimate of drug-likeness (QED) is 0.317. The number of carbonyl (C=O) groups is 1. The second-order valence-electron chi connectivity index (χ2n) is 8.89. The highest BCUT2D eigenvalue weighted by Gasteiger charge is 2.24. The van der Waals surface area contributed by atoms with Crippen LogP contribution in [0.5, 0.6) is 5.75 Å². The first kappa shape index (κ1) is 23.4. The van der Waals surface area contributed by atoms with Crippen molar-refractivity contribution < 1.29 is 18.4 Å². The fourth-order valence-electron chi connectivity index (χ4n) is 4.40. The van der Waals surface area contributed by atoms with Crippen LogP contribution in [0.15, 0.2) is 75.8 Å². The normalized spacial score (nSPS) is 13.1. The maximum Gasteiger partial charge on any atom is 0.246 e. The van der Waals surface area contributed by atoms with Gasteiger partial charge in [-0.05, 0) is 72.2 Å². The van der Waals surface area contributed by atoms with E-state index in [2.05, 4.69) is 25.6 Å². The molecule has 0 saturated heterocycles. The van der Waals surface area contributed by atoms with Crippen molar-refractivity contribution in [2.75, 3.05) is 6.54 Å². The van der Waals surface area contributed by atoms with Gasteiger partial charge in [0.1, 0.15) is 29.6 Å². The molecular weight excluding hydrogens is 484 g/mol. The number of aromatic nitrogens is 5. The van der Waals surface area contributed by atoms with Crippen LogP contribution in [0.25, 0.3) is 28.9 Å². The Morgan fingerprint density at radius 3 is 2.84 bits per heavy atom. The summed E-state index contributed by atoms with van der Waals surface area (Å²) in [6.07, 6.45) is 5.49. The average molecular weight is 509 g/mol. The third-order valence-corrected chi connectivity index (χ3v) is 6.42. The average Bonchev–Trinajstić information content (AvgIpc) is 3.73. The van der Waals surface area contributed by atoms with Gasteiger partial charge in [-0.3, -0.25) is 4.79 Å². The van der Waals surface area contributed by atoms with E-state index < -0.39 is 0 Å². The van der Waals surface area contributed by atoms with E-state index in [1.165, 1.54) is 6.08 Å². The molecule has 10 nitrogen and oxygen atoms in total. The van der Waals surface area contributed by atoms with Crippen LogP contribution < -0.4 is 4.74 Å². The first-order valence-electron chi connectivity index (χ1n) is 12.2. The minimum absolute atomic E-state index is 0.0802. The number of rotatable bonds is 7. The van der Waals surface area contributed by atoms with Gasteiger partial charge in [-0.15, -0.1) is 10.2 Å². The van der Waals surface area contributed by atoms with Gasteiger partial charge in [-0.2, -0.15) is 5.21 Å². The molecule has 0 unspecified atom stereocenters. The summed E-state index contributed by atoms with van der Waals surface area (Å²) in [5.74, 6) is 2.79. The lowest BCUT2D eigenvalue weighted by molar-refractivity contribution is -0.126. The van der Waals surface area contributed by atoms with Gasteiger partial charge in [-0.1, -0.05) is 18.2 Å². The molecule has 0 atom stereocenters. The van der Waals surface area contributed by atoms with Crippen molar-refractivity contribution in [3.63, 3.8) is 0 Å². The van der Waals surface area contributed by atoms with Gasteiger partial charge in [0.25, 0.3) is 0 Å². The molecule has 0 bridgehead atoms. The first-order valence-corrected chi connectivity index (χ1v) is 12.2. The molecule has 6 rings (SSSR count). The van der Waals surface area contributed by atoms with Gasteiger partial charge in [0.2, 0.25) is 17.6 Å². The van der Waals surface area contributed by atoms with E-state index in [4.69, 9.17) is 13.6 Å². The number of aryl methyl sites for hydroxylation is 1. The number of H-pyrrole nitrogens is 1. The van der Waals surface area contributed by atoms with Gasteiger partial charge in [0.05, 0.1) is 11.8 Å². The highest BCUT2D eigenvalue weighted by molar-refractivity contribution is 5.91. The summed E-state index contributed by atoms with van der Waals surface area (Å²) >= 11 is 0. The summed E-state index contributed by atoms with van der Waals surface area (Å²) in [5, 5.41) is 14.5. The maximum absolute atomic E-state index is 12.8. The van der Waals surface area contributed by atoms with Crippen molar-refractivity contribution in [2.45, 2.75) is 26.5 Å². The lowest BCUT2D eigenvalue weighted by Crippen LogP contribution is -2.34. The van der Waals surface area contributed by atoms with Crippen LogP contribution >= 0.6 is 0 Å². The molecule has 0 aliphatic carbocycles. The molecule has 5 aromatic rings. The fraction of sp³-hybridized carbons (Fsp3) is 0.179. The predicted octanol–water partition coefficient (Wildman–Crippen LogP) is 4.60. The van der Waals surface area contributed by atoms with E-state index in [0.29, 0.717) is 54.2 Å². The molecule has 1 aliphatic heterocycles. The third-order valence-electron chi connectivity index (χ3n) is 6.42. The molecule has 4 heterocycles. The lowest BCUT2D eigenvalue weighted by atomic mass is 9.96. The van der Waals surface area contributed by atoms with Crippen LogP contribution in [0.1, 0.15) is 28.3 Å². The van der Waals surface area contributed by atoms with Gasteiger partial charge < -0.3 is 18.5 Å². The van der Waals surface area contributed by atoms with Gasteiger partial charge in [0.15, 0.2) is 0 Å². The van der Waals surface area contributed by atoms with E-state index in [-0.39, 0.29) is 12.5 Å². The Morgan fingerprint density at radius 2 is 2.05 bits per heavy atom. The third kappa shape index (κ3) is 4.83. The number of carbonyl (C=O) groups excluding carboxylic acids is 1. The van der Waals surface area contributed by atoms with Gasteiger partial charge in [0, 0.05) is 24.7 Å². The van der Waals surface area contributed by atoms with Crippen molar-refractivity contribution in [3.8, 4) is 28.6 Å². The fourth-order valence-corrected chi connectivity index (χ4v) is 4.40. The molecule has 0 spiro atoms. The summed E-state index contributed by atoms with van der Waals surface area (Å²) in [7, 11) is 0. The van der Waals surface area contributed by atoms with E-state index in [1.54, 1.807) is 29.4 Å². The maximum atomic E-state index is 12.8. The van der Waals surface area contributed by atoms with Crippen LogP contribution in [0.4, 0.5) is 0 Å². The van der Waals surface area contributed by atoms with Crippen molar-refractivity contribution in [1.82, 2.24) is 30.5 Å². The zero-order valence-corrected chi connectivity index (χ0v) is 20.6. The number of nitrogens with one attached hydrogen (secondary N) is 1. The van der Waals surface area contributed by atoms with Crippen LogP contribution in [-0.4, -0.2) is 43.0 Å². The Balaban J connectivity index is 1.25. The number of oxazole rings is 1. The number of benzene rings is 2. The number of amides is 1. The van der Waals surface area contributed by atoms with Crippen LogP contribution in [0.3, 0.4) is 0 Å². The Kier molecular flexibility index (Phi) is 6.27. The zero-order valence-electron chi connectivity index (χ0n) is 20.6. The van der Waals surface area contributed by atoms with E-state index in [1.807, 2.05) is 49.4 Å². The van der Waals surface area contributed by atoms with Crippen LogP contribution in [-0.2, 0) is 24.4 Å². The molecule has 190 valence electrons. The Morgan fingerprint density at radius 1 is 1.16 bits per heavy atom. The van der Waals surface area contributed by atoms with Crippen molar-refractivity contribution >= 4 is 12.0 Å². The largest absolute Gasteiger partial charge is 0.486 e. The lowest BCUT2D eigenvalue weighted by Gasteiger charge is -2.29. The molecule has 1 aliphatic rings. The minimum atomic E-state index is -0.0802. The Hall–Kier alpha value is -4.99. The topological polar surface area (TPSA) is 123 Å². The molecule has 1 N–H and O–H groups in total. The van der Waals surface area contributed by atoms with Gasteiger partial charge in [-0.25, -0.2) is 4.98 Å². The summed E-state index contributed by atoms with van der Waals surface area (Å²) < 4.78 is 17.4. The number of hydrogen-bond acceptors (Lipinski definition) is 8. The number of aromatic amines is 1. The SMILES string of the molecule is Cc1oc(-c2ccccc2)nc1COc1cc2c(cc1-c1nn[nH]n1)CCN(C(=O)/C=C/c1ccco1)C2. The monoisotopic (exact) mass is 508 g/mol. The van der Waals surface area contributed by atoms with E-state index >= 15 is 0 Å². The van der Waals surface area contributed by atoms with Crippen molar-refractivity contribution in [1.29, 1.82) is 0 Å². The molecule has 2 aromatic carbocycles. The highest BCUT2D eigenvalue weighted by atomic mass is 16.5. The van der Waals surface area contributed by atoms with Crippen molar-refractivity contribution in [2.24, 2.45) is 0 Å². The summed E-state index contributed by atoms with van der Waals surface area (Å²) in [6.45, 7) is 3.12. The molecule has 0 saturated carbocycles. The highest BCUT2D eigenvalue weighted by Crippen LogP contribution is 2.34. The first-order chi connectivity index (χ1) is 18.6. The molecular formula is C28H24N6O4. The molecule has 1 amide bonds. The zero-order chi connectivity index (χ0) is 25.9. The molecule has 38 heavy (non-hydrogen) atoms. The molecule has 10 heteroatoms. The van der Waals surface area contributed by atoms with Gasteiger partial charge >= 0.3 is 0 Å². The molecule has 0 radical (unpaired) electrons.